The number of carbonyl (C=O) groups is 2. The summed E-state index contributed by atoms with van der Waals surface area (Å²) in [4.78, 5) is 30.2. The Bertz CT molecular complexity index is 902. The van der Waals surface area contributed by atoms with Crippen molar-refractivity contribution in [2.45, 2.75) is 72.1 Å². The van der Waals surface area contributed by atoms with Crippen LogP contribution in [-0.4, -0.2) is 51.4 Å². The van der Waals surface area contributed by atoms with Gasteiger partial charge in [-0.15, -0.1) is 0 Å². The predicted molar refractivity (Wildman–Crippen MR) is 130 cm³/mol. The van der Waals surface area contributed by atoms with Gasteiger partial charge in [0.1, 0.15) is 0 Å². The molecule has 8 heteroatoms. The van der Waals surface area contributed by atoms with Gasteiger partial charge in [0.15, 0.2) is 11.5 Å². The molecule has 1 aliphatic carbocycles. The highest BCUT2D eigenvalue weighted by molar-refractivity contribution is 8.14. The van der Waals surface area contributed by atoms with Crippen molar-refractivity contribution in [3.8, 4) is 0 Å². The summed E-state index contributed by atoms with van der Waals surface area (Å²) < 4.78 is 0. The van der Waals surface area contributed by atoms with Crippen molar-refractivity contribution in [2.75, 3.05) is 17.6 Å². The van der Waals surface area contributed by atoms with Crippen molar-refractivity contribution in [3.05, 3.63) is 29.3 Å². The van der Waals surface area contributed by atoms with E-state index in [1.165, 1.54) is 17.3 Å². The third-order valence-corrected chi connectivity index (χ3v) is 7.64. The second kappa shape index (κ2) is 9.73. The van der Waals surface area contributed by atoms with E-state index in [2.05, 4.69) is 40.7 Å². The standard InChI is InChI=1S/C24H35N5O2S/c1-15(2)11-12-28-22(31)18-7-5-6-8-20(18)29-23(28)26-27-24(29)32-14-21(30)25-19-10-9-16(3)13-17(19)4/h9-10,13,15,18,20,23,26H,5-8,11-12,14H2,1-4H3,(H,25,30). The molecule has 0 bridgehead atoms. The molecule has 2 aliphatic heterocycles. The molecule has 0 spiro atoms. The monoisotopic (exact) mass is 457 g/mol. The second-order valence-electron chi connectivity index (χ2n) is 9.63. The number of aryl methyl sites for hydroxylation is 2. The molecule has 3 unspecified atom stereocenters. The lowest BCUT2D eigenvalue weighted by atomic mass is 9.81. The average molecular weight is 458 g/mol. The first-order chi connectivity index (χ1) is 15.3. The van der Waals surface area contributed by atoms with Crippen molar-refractivity contribution in [1.82, 2.24) is 15.2 Å². The third kappa shape index (κ3) is 4.75. The molecular formula is C24H35N5O2S. The van der Waals surface area contributed by atoms with Crippen LogP contribution in [0.2, 0.25) is 0 Å². The van der Waals surface area contributed by atoms with Crippen molar-refractivity contribution >= 4 is 34.4 Å². The highest BCUT2D eigenvalue weighted by Crippen LogP contribution is 2.39. The summed E-state index contributed by atoms with van der Waals surface area (Å²) in [5.74, 6) is 1.07. The number of rotatable bonds is 6. The van der Waals surface area contributed by atoms with Crippen LogP contribution in [0.5, 0.6) is 0 Å². The molecule has 1 saturated heterocycles. The summed E-state index contributed by atoms with van der Waals surface area (Å²) in [5, 5.41) is 8.42. The maximum absolute atomic E-state index is 13.3. The SMILES string of the molecule is Cc1ccc(NC(=O)CSC2=NNC3N(CCC(C)C)C(=O)C4CCCCC4N23)c(C)c1. The number of carbonyl (C=O) groups excluding carboxylic acids is 2. The smallest absolute Gasteiger partial charge is 0.234 e. The summed E-state index contributed by atoms with van der Waals surface area (Å²) >= 11 is 1.45. The fourth-order valence-corrected chi connectivity index (χ4v) is 5.79. The Hall–Kier alpha value is -2.22. The molecule has 2 N–H and O–H groups in total. The molecule has 7 nitrogen and oxygen atoms in total. The Labute approximate surface area is 195 Å². The first-order valence-corrected chi connectivity index (χ1v) is 12.8. The molecule has 0 radical (unpaired) electrons. The minimum atomic E-state index is -0.231. The van der Waals surface area contributed by atoms with Gasteiger partial charge in [-0.2, -0.15) is 5.10 Å². The molecule has 1 aromatic rings. The van der Waals surface area contributed by atoms with E-state index in [0.29, 0.717) is 5.92 Å². The zero-order chi connectivity index (χ0) is 22.8. The third-order valence-electron chi connectivity index (χ3n) is 6.68. The number of anilines is 1. The summed E-state index contributed by atoms with van der Waals surface area (Å²) in [6.07, 6.45) is 4.92. The van der Waals surface area contributed by atoms with Gasteiger partial charge in [-0.25, -0.2) is 0 Å². The Kier molecular flexibility index (Phi) is 6.98. The Morgan fingerprint density at radius 3 is 2.81 bits per heavy atom. The van der Waals surface area contributed by atoms with Crippen LogP contribution in [0.25, 0.3) is 0 Å². The first-order valence-electron chi connectivity index (χ1n) is 11.8. The molecule has 1 saturated carbocycles. The minimum Gasteiger partial charge on any atom is -0.325 e. The number of nitrogens with one attached hydrogen (secondary N) is 2. The van der Waals surface area contributed by atoms with E-state index in [1.54, 1.807) is 0 Å². The molecule has 3 aliphatic rings. The number of thioether (sulfide) groups is 1. The number of hydrazone groups is 1. The fraction of sp³-hybridized carbons (Fsp3) is 0.625. The van der Waals surface area contributed by atoms with Crippen LogP contribution in [0.3, 0.4) is 0 Å². The minimum absolute atomic E-state index is 0.0295. The van der Waals surface area contributed by atoms with E-state index in [9.17, 15) is 9.59 Å². The highest BCUT2D eigenvalue weighted by Gasteiger charge is 2.50. The van der Waals surface area contributed by atoms with Crippen LogP contribution in [0.4, 0.5) is 5.69 Å². The van der Waals surface area contributed by atoms with E-state index in [4.69, 9.17) is 0 Å². The number of nitrogens with zero attached hydrogens (tertiary/aromatic N) is 3. The summed E-state index contributed by atoms with van der Waals surface area (Å²) in [6.45, 7) is 9.15. The number of fused-ring (bicyclic) bond motifs is 3. The van der Waals surface area contributed by atoms with Crippen LogP contribution < -0.4 is 10.7 Å². The van der Waals surface area contributed by atoms with Crippen LogP contribution >= 0.6 is 11.8 Å². The zero-order valence-corrected chi connectivity index (χ0v) is 20.4. The normalized spacial score (nSPS) is 24.7. The van der Waals surface area contributed by atoms with Crippen molar-refractivity contribution in [1.29, 1.82) is 0 Å². The molecule has 2 heterocycles. The highest BCUT2D eigenvalue weighted by atomic mass is 32.2. The molecule has 0 aromatic heterocycles. The molecule has 1 aromatic carbocycles. The lowest BCUT2D eigenvalue weighted by Crippen LogP contribution is -2.67. The van der Waals surface area contributed by atoms with Crippen molar-refractivity contribution < 1.29 is 9.59 Å². The molecule has 3 atom stereocenters. The van der Waals surface area contributed by atoms with Crippen LogP contribution in [0.15, 0.2) is 23.3 Å². The maximum Gasteiger partial charge on any atom is 0.234 e. The molecule has 174 valence electrons. The van der Waals surface area contributed by atoms with Gasteiger partial charge in [0.05, 0.1) is 11.7 Å². The second-order valence-corrected chi connectivity index (χ2v) is 10.6. The predicted octanol–water partition coefficient (Wildman–Crippen LogP) is 3.88. The number of benzene rings is 1. The topological polar surface area (TPSA) is 77.0 Å². The zero-order valence-electron chi connectivity index (χ0n) is 19.6. The molecule has 2 amide bonds. The first kappa shape index (κ1) is 23.0. The Balaban J connectivity index is 1.43. The number of amides is 2. The number of hydrogen-bond donors (Lipinski definition) is 2. The quantitative estimate of drug-likeness (QED) is 0.678. The molecule has 32 heavy (non-hydrogen) atoms. The maximum atomic E-state index is 13.3. The van der Waals surface area contributed by atoms with Gasteiger partial charge in [-0.1, -0.05) is 56.1 Å². The Morgan fingerprint density at radius 2 is 2.06 bits per heavy atom. The van der Waals surface area contributed by atoms with Gasteiger partial charge < -0.3 is 15.1 Å². The largest absolute Gasteiger partial charge is 0.325 e. The van der Waals surface area contributed by atoms with Crippen molar-refractivity contribution in [2.24, 2.45) is 16.9 Å². The van der Waals surface area contributed by atoms with Gasteiger partial charge in [-0.05, 0) is 50.7 Å². The fourth-order valence-electron chi connectivity index (χ4n) is 4.95. The van der Waals surface area contributed by atoms with Gasteiger partial charge in [0, 0.05) is 18.3 Å². The van der Waals surface area contributed by atoms with Gasteiger partial charge in [0.2, 0.25) is 11.8 Å². The molecule has 2 fully saturated rings. The number of amidine groups is 1. The lowest BCUT2D eigenvalue weighted by molar-refractivity contribution is -0.155. The van der Waals surface area contributed by atoms with Gasteiger partial charge in [0.25, 0.3) is 0 Å². The molecule has 4 rings (SSSR count). The van der Waals surface area contributed by atoms with Gasteiger partial charge >= 0.3 is 0 Å². The summed E-state index contributed by atoms with van der Waals surface area (Å²) in [7, 11) is 0. The average Bonchev–Trinajstić information content (AvgIpc) is 3.18. The van der Waals surface area contributed by atoms with Crippen LogP contribution in [0.1, 0.15) is 57.1 Å². The van der Waals surface area contributed by atoms with Crippen LogP contribution in [-0.2, 0) is 9.59 Å². The number of hydrogen-bond acceptors (Lipinski definition) is 6. The van der Waals surface area contributed by atoms with Crippen LogP contribution in [0, 0.1) is 25.7 Å². The van der Waals surface area contributed by atoms with E-state index in [0.717, 1.165) is 55.1 Å². The van der Waals surface area contributed by atoms with E-state index in [1.807, 2.05) is 30.9 Å². The van der Waals surface area contributed by atoms with Crippen molar-refractivity contribution in [3.63, 3.8) is 0 Å². The summed E-state index contributed by atoms with van der Waals surface area (Å²) in [6, 6.07) is 6.19. The lowest BCUT2D eigenvalue weighted by Gasteiger charge is -2.50. The Morgan fingerprint density at radius 1 is 1.28 bits per heavy atom. The van der Waals surface area contributed by atoms with E-state index >= 15 is 0 Å². The van der Waals surface area contributed by atoms with Gasteiger partial charge in [-0.3, -0.25) is 15.0 Å². The molecular weight excluding hydrogens is 422 g/mol. The van der Waals surface area contributed by atoms with E-state index < -0.39 is 0 Å². The van der Waals surface area contributed by atoms with E-state index in [-0.39, 0.29) is 35.8 Å². The summed E-state index contributed by atoms with van der Waals surface area (Å²) in [5.41, 5.74) is 6.29.